The van der Waals surface area contributed by atoms with Crippen LogP contribution in [0.3, 0.4) is 0 Å². The smallest absolute Gasteiger partial charge is 0.220 e. The second kappa shape index (κ2) is 63.6. The van der Waals surface area contributed by atoms with E-state index in [1.54, 1.807) is 6.08 Å². The molecule has 19 heteroatoms. The maximum Gasteiger partial charge on any atom is 0.220 e. The van der Waals surface area contributed by atoms with E-state index < -0.39 is 124 Å². The summed E-state index contributed by atoms with van der Waals surface area (Å²) in [7, 11) is 0. The van der Waals surface area contributed by atoms with Crippen molar-refractivity contribution < 1.29 is 89.4 Å². The van der Waals surface area contributed by atoms with Gasteiger partial charge in [0.1, 0.15) is 73.2 Å². The van der Waals surface area contributed by atoms with Crippen LogP contribution >= 0.6 is 0 Å². The fourth-order valence-electron chi connectivity index (χ4n) is 13.4. The number of carbonyl (C=O) groups is 1. The number of nitrogens with one attached hydrogen (secondary N) is 1. The molecule has 3 rings (SSSR count). The number of aliphatic hydroxyl groups is 11. The Balaban J connectivity index is 1.38. The lowest BCUT2D eigenvalue weighted by Gasteiger charge is -2.48. The standard InChI is InChI=1S/C84H147NO18/c1-3-5-7-9-11-13-15-17-19-21-23-25-27-29-30-31-32-33-34-35-36-38-39-41-43-45-47-49-51-53-55-57-59-61-68(89)67(85-72(90)62-60-58-56-54-52-50-48-46-44-42-40-37-28-26-24-22-20-18-16-14-12-10-8-6-4-2)66-98-82-78(96)75(93)80(70(64-87)100-82)103-84-79(97)76(94)81(71(65-88)101-84)102-83-77(95)74(92)73(91)69(63-86)99-83/h6,8,12,14,18,20,24,26,37,40,44,46,50,52,59,61,67-71,73-84,86-89,91-97H,3-5,7,9-11,13,15-17,19,21-23,25,27-36,38-39,41-43,45,47-49,51,53-58,60,62-66H2,1-2H3,(H,85,90)/b8-6-,14-12-,20-18-,26-24-,40-37-,46-44-,52-50-,61-59+. The molecule has 1 amide bonds. The van der Waals surface area contributed by atoms with E-state index in [1.165, 1.54) is 180 Å². The van der Waals surface area contributed by atoms with Crippen molar-refractivity contribution in [3.8, 4) is 0 Å². The van der Waals surface area contributed by atoms with Crippen LogP contribution < -0.4 is 5.32 Å². The molecule has 0 spiro atoms. The van der Waals surface area contributed by atoms with Gasteiger partial charge in [0.05, 0.1) is 38.6 Å². The predicted octanol–water partition coefficient (Wildman–Crippen LogP) is 14.0. The number of aliphatic hydroxyl groups excluding tert-OH is 11. The molecule has 103 heavy (non-hydrogen) atoms. The lowest BCUT2D eigenvalue weighted by molar-refractivity contribution is -0.379. The van der Waals surface area contributed by atoms with Gasteiger partial charge in [-0.25, -0.2) is 0 Å². The van der Waals surface area contributed by atoms with Gasteiger partial charge in [-0.2, -0.15) is 0 Å². The summed E-state index contributed by atoms with van der Waals surface area (Å²) < 4.78 is 34.4. The summed E-state index contributed by atoms with van der Waals surface area (Å²) in [5, 5.41) is 121. The number of carbonyl (C=O) groups excluding carboxylic acids is 1. The maximum absolute atomic E-state index is 13.5. The molecule has 3 heterocycles. The van der Waals surface area contributed by atoms with E-state index in [2.05, 4.69) is 104 Å². The van der Waals surface area contributed by atoms with Crippen LogP contribution in [0.4, 0.5) is 0 Å². The SMILES string of the molecule is CC/C=C\C/C=C\C/C=C\C/C=C\C/C=C\C/C=C\C/C=C\CCCCCC(=O)NC(COC1OC(CO)C(OC2OC(CO)C(OC3OC(CO)C(O)C(O)C3O)C(O)C2O)C(O)C1O)C(O)/C=C/CCCCCCCCCCCCCCCCCCCCCCCCCCCCCCCCC. The van der Waals surface area contributed by atoms with E-state index in [9.17, 15) is 61.0 Å². The van der Waals surface area contributed by atoms with Gasteiger partial charge in [-0.15, -0.1) is 0 Å². The largest absolute Gasteiger partial charge is 0.394 e. The number of unbranched alkanes of at least 4 members (excludes halogenated alkanes) is 34. The zero-order valence-corrected chi connectivity index (χ0v) is 63.8. The third-order valence-electron chi connectivity index (χ3n) is 19.9. The zero-order chi connectivity index (χ0) is 74.6. The first-order valence-corrected chi connectivity index (χ1v) is 41.0. The van der Waals surface area contributed by atoms with Gasteiger partial charge in [-0.1, -0.05) is 310 Å². The highest BCUT2D eigenvalue weighted by atomic mass is 16.8. The molecule has 0 radical (unpaired) electrons. The minimum Gasteiger partial charge on any atom is -0.394 e. The Morgan fingerprint density at radius 1 is 0.359 bits per heavy atom. The van der Waals surface area contributed by atoms with E-state index in [0.29, 0.717) is 6.42 Å². The minimum atomic E-state index is -1.99. The first-order chi connectivity index (χ1) is 50.3. The van der Waals surface area contributed by atoms with Crippen molar-refractivity contribution >= 4 is 5.91 Å². The van der Waals surface area contributed by atoms with Crippen LogP contribution in [0.15, 0.2) is 97.2 Å². The minimum absolute atomic E-state index is 0.198. The summed E-state index contributed by atoms with van der Waals surface area (Å²) in [6.07, 6.45) is 59.7. The van der Waals surface area contributed by atoms with Crippen molar-refractivity contribution in [2.24, 2.45) is 0 Å². The van der Waals surface area contributed by atoms with Crippen molar-refractivity contribution in [2.45, 2.75) is 401 Å². The molecule has 17 atom stereocenters. The number of rotatable bonds is 64. The molecule has 0 saturated carbocycles. The highest BCUT2D eigenvalue weighted by molar-refractivity contribution is 5.76. The molecule has 0 aliphatic carbocycles. The third-order valence-corrected chi connectivity index (χ3v) is 19.9. The summed E-state index contributed by atoms with van der Waals surface area (Å²) >= 11 is 0. The van der Waals surface area contributed by atoms with E-state index >= 15 is 0 Å². The van der Waals surface area contributed by atoms with Crippen molar-refractivity contribution in [3.05, 3.63) is 97.2 Å². The predicted molar refractivity (Wildman–Crippen MR) is 411 cm³/mol. The monoisotopic (exact) mass is 1460 g/mol. The van der Waals surface area contributed by atoms with Crippen LogP contribution in [0.2, 0.25) is 0 Å². The first kappa shape index (κ1) is 93.9. The first-order valence-electron chi connectivity index (χ1n) is 41.0. The summed E-state index contributed by atoms with van der Waals surface area (Å²) in [6.45, 7) is 1.62. The van der Waals surface area contributed by atoms with E-state index in [4.69, 9.17) is 28.4 Å². The molecule has 596 valence electrons. The molecule has 3 saturated heterocycles. The Morgan fingerprint density at radius 2 is 0.670 bits per heavy atom. The fourth-order valence-corrected chi connectivity index (χ4v) is 13.4. The van der Waals surface area contributed by atoms with Gasteiger partial charge >= 0.3 is 0 Å². The van der Waals surface area contributed by atoms with Crippen LogP contribution in [0.5, 0.6) is 0 Å². The van der Waals surface area contributed by atoms with Gasteiger partial charge in [0.2, 0.25) is 5.91 Å². The molecular formula is C84H147NO18. The molecule has 0 aromatic heterocycles. The second-order valence-electron chi connectivity index (χ2n) is 28.9. The Hall–Kier alpha value is -3.29. The Labute approximate surface area is 622 Å². The quantitative estimate of drug-likeness (QED) is 0.0199. The lowest BCUT2D eigenvalue weighted by Crippen LogP contribution is -2.66. The van der Waals surface area contributed by atoms with E-state index in [-0.39, 0.29) is 18.9 Å². The van der Waals surface area contributed by atoms with Crippen LogP contribution in [0.1, 0.15) is 296 Å². The molecule has 17 unspecified atom stereocenters. The van der Waals surface area contributed by atoms with Crippen molar-refractivity contribution in [3.63, 3.8) is 0 Å². The summed E-state index contributed by atoms with van der Waals surface area (Å²) in [4.78, 5) is 13.5. The number of amides is 1. The second-order valence-corrected chi connectivity index (χ2v) is 28.9. The average Bonchev–Trinajstić information content (AvgIpc) is 0.781. The molecule has 0 bridgehead atoms. The van der Waals surface area contributed by atoms with Crippen molar-refractivity contribution in [1.29, 1.82) is 0 Å². The van der Waals surface area contributed by atoms with Crippen molar-refractivity contribution in [1.82, 2.24) is 5.32 Å². The molecule has 19 nitrogen and oxygen atoms in total. The van der Waals surface area contributed by atoms with E-state index in [0.717, 1.165) is 89.9 Å². The Kier molecular flexibility index (Phi) is 58.0. The molecule has 0 aromatic carbocycles. The number of hydrogen-bond acceptors (Lipinski definition) is 18. The molecule has 3 aliphatic heterocycles. The lowest BCUT2D eigenvalue weighted by atomic mass is 9.96. The molecule has 0 aromatic rings. The number of ether oxygens (including phenoxy) is 6. The van der Waals surface area contributed by atoms with Gasteiger partial charge in [0, 0.05) is 6.42 Å². The van der Waals surface area contributed by atoms with Gasteiger partial charge in [-0.3, -0.25) is 4.79 Å². The van der Waals surface area contributed by atoms with Gasteiger partial charge in [0.25, 0.3) is 0 Å². The van der Waals surface area contributed by atoms with Crippen LogP contribution in [-0.2, 0) is 33.2 Å². The highest BCUT2D eigenvalue weighted by Crippen LogP contribution is 2.33. The normalized spacial score (nSPS) is 26.6. The molecule has 12 N–H and O–H groups in total. The number of allylic oxidation sites excluding steroid dienone is 15. The molecular weight excluding hydrogens is 1310 g/mol. The Bertz CT molecular complexity index is 2240. The third kappa shape index (κ3) is 43.5. The van der Waals surface area contributed by atoms with Gasteiger partial charge in [-0.05, 0) is 77.0 Å². The fraction of sp³-hybridized carbons (Fsp3) is 0.798. The van der Waals surface area contributed by atoms with Gasteiger partial charge < -0.3 is 89.9 Å². The Morgan fingerprint density at radius 3 is 1.05 bits per heavy atom. The van der Waals surface area contributed by atoms with Crippen LogP contribution in [0, 0.1) is 0 Å². The average molecular weight is 1460 g/mol. The van der Waals surface area contributed by atoms with Crippen LogP contribution in [-0.4, -0.2) is 193 Å². The topological polar surface area (TPSA) is 307 Å². The van der Waals surface area contributed by atoms with Crippen molar-refractivity contribution in [2.75, 3.05) is 26.4 Å². The highest BCUT2D eigenvalue weighted by Gasteiger charge is 2.54. The molecule has 3 fully saturated rings. The molecule has 3 aliphatic rings. The van der Waals surface area contributed by atoms with Crippen LogP contribution in [0.25, 0.3) is 0 Å². The summed E-state index contributed by atoms with van der Waals surface area (Å²) in [5.74, 6) is -0.308. The summed E-state index contributed by atoms with van der Waals surface area (Å²) in [5.41, 5.74) is 0. The maximum atomic E-state index is 13.5. The number of hydrogen-bond donors (Lipinski definition) is 12. The zero-order valence-electron chi connectivity index (χ0n) is 63.8. The van der Waals surface area contributed by atoms with Gasteiger partial charge in [0.15, 0.2) is 18.9 Å². The van der Waals surface area contributed by atoms with E-state index in [1.807, 2.05) is 6.08 Å². The summed E-state index contributed by atoms with van der Waals surface area (Å²) in [6, 6.07) is -1.00.